The molecule has 0 N–H and O–H groups in total. The molecule has 1 heterocycles. The van der Waals surface area contributed by atoms with Crippen LogP contribution in [0.25, 0.3) is 0 Å². The van der Waals surface area contributed by atoms with Crippen molar-refractivity contribution in [2.45, 2.75) is 42.3 Å². The van der Waals surface area contributed by atoms with Gasteiger partial charge in [-0.15, -0.1) is 0 Å². The summed E-state index contributed by atoms with van der Waals surface area (Å²) in [7, 11) is 0.479. The molecule has 0 unspecified atom stereocenters. The number of rotatable bonds is 11. The summed E-state index contributed by atoms with van der Waals surface area (Å²) in [6.45, 7) is 3.34. The number of hydrogen-bond acceptors (Lipinski definition) is 5. The minimum atomic E-state index is -1.15. The Hall–Kier alpha value is -0.790. The lowest BCUT2D eigenvalue weighted by Gasteiger charge is -2.15. The molecule has 1 aliphatic heterocycles. The van der Waals surface area contributed by atoms with Crippen molar-refractivity contribution in [3.63, 3.8) is 0 Å². The van der Waals surface area contributed by atoms with Crippen molar-refractivity contribution >= 4 is 10.8 Å². The first-order chi connectivity index (χ1) is 10.8. The molecule has 1 aromatic carbocycles. The fourth-order valence-corrected chi connectivity index (χ4v) is 3.54. The molecule has 0 radical (unpaired) electrons. The Kier molecular flexibility index (Phi) is 7.48. The summed E-state index contributed by atoms with van der Waals surface area (Å²) in [4.78, 5) is 0.793. The molecule has 2 rings (SSSR count). The zero-order chi connectivity index (χ0) is 15.8. The van der Waals surface area contributed by atoms with Gasteiger partial charge < -0.3 is 18.9 Å². The average Bonchev–Trinajstić information content (AvgIpc) is 3.34. The van der Waals surface area contributed by atoms with Crippen LogP contribution in [-0.4, -0.2) is 49.0 Å². The minimum absolute atomic E-state index is 0.0785. The van der Waals surface area contributed by atoms with Crippen LogP contribution in [0.1, 0.15) is 19.8 Å². The number of ether oxygens (including phenoxy) is 4. The molecule has 0 aliphatic carbocycles. The van der Waals surface area contributed by atoms with E-state index in [1.165, 1.54) is 0 Å². The second-order valence-electron chi connectivity index (χ2n) is 5.09. The summed E-state index contributed by atoms with van der Waals surface area (Å²) in [6, 6.07) is 9.39. The largest absolute Gasteiger partial charge is 0.382 e. The molecule has 1 saturated heterocycles. The second-order valence-corrected chi connectivity index (χ2v) is 6.62. The van der Waals surface area contributed by atoms with Gasteiger partial charge in [0, 0.05) is 12.0 Å². The van der Waals surface area contributed by atoms with Crippen molar-refractivity contribution in [3.05, 3.63) is 30.3 Å². The van der Waals surface area contributed by atoms with E-state index in [1.807, 2.05) is 30.3 Å². The Morgan fingerprint density at radius 1 is 1.27 bits per heavy atom. The molecule has 22 heavy (non-hydrogen) atoms. The van der Waals surface area contributed by atoms with Gasteiger partial charge in [0.25, 0.3) is 0 Å². The summed E-state index contributed by atoms with van der Waals surface area (Å²) in [6.07, 6.45) is 1.64. The molecule has 4 atom stereocenters. The van der Waals surface area contributed by atoms with E-state index in [0.29, 0.717) is 13.2 Å². The zero-order valence-electron chi connectivity index (χ0n) is 13.1. The summed E-state index contributed by atoms with van der Waals surface area (Å²) in [5.41, 5.74) is -0.280. The first-order valence-corrected chi connectivity index (χ1v) is 8.78. The van der Waals surface area contributed by atoms with Gasteiger partial charge in [0.2, 0.25) is 0 Å². The predicted octanol–water partition coefficient (Wildman–Crippen LogP) is 2.32. The fourth-order valence-electron chi connectivity index (χ4n) is 2.20. The SMILES string of the molecule is CCC[C@H](OCOCCOC)[C@@H]1O[C@H]1[S@@](=O)c1ccccc1. The summed E-state index contributed by atoms with van der Waals surface area (Å²) < 4.78 is 34.0. The number of benzene rings is 1. The monoisotopic (exact) mass is 328 g/mol. The fraction of sp³-hybridized carbons (Fsp3) is 0.625. The summed E-state index contributed by atoms with van der Waals surface area (Å²) in [5.74, 6) is 0. The van der Waals surface area contributed by atoms with Crippen molar-refractivity contribution in [2.24, 2.45) is 0 Å². The van der Waals surface area contributed by atoms with Crippen LogP contribution in [0, 0.1) is 0 Å². The quantitative estimate of drug-likeness (QED) is 0.354. The normalized spacial score (nSPS) is 23.2. The number of hydrogen-bond donors (Lipinski definition) is 0. The molecule has 0 bridgehead atoms. The molecule has 5 nitrogen and oxygen atoms in total. The lowest BCUT2D eigenvalue weighted by atomic mass is 10.1. The van der Waals surface area contributed by atoms with Gasteiger partial charge >= 0.3 is 0 Å². The molecule has 0 amide bonds. The van der Waals surface area contributed by atoms with Gasteiger partial charge in [-0.25, -0.2) is 0 Å². The molecule has 0 aromatic heterocycles. The van der Waals surface area contributed by atoms with Crippen LogP contribution in [0.15, 0.2) is 35.2 Å². The molecule has 1 aliphatic rings. The lowest BCUT2D eigenvalue weighted by molar-refractivity contribution is -0.105. The number of methoxy groups -OCH3 is 1. The molecule has 1 aromatic rings. The third kappa shape index (κ3) is 5.14. The highest BCUT2D eigenvalue weighted by atomic mass is 32.2. The van der Waals surface area contributed by atoms with Crippen LogP contribution in [0.5, 0.6) is 0 Å². The van der Waals surface area contributed by atoms with Gasteiger partial charge in [0.05, 0.1) is 30.1 Å². The van der Waals surface area contributed by atoms with Crippen LogP contribution in [0.3, 0.4) is 0 Å². The summed E-state index contributed by atoms with van der Waals surface area (Å²) in [5, 5.41) is 0. The van der Waals surface area contributed by atoms with Crippen LogP contribution in [0.2, 0.25) is 0 Å². The van der Waals surface area contributed by atoms with Crippen molar-refractivity contribution in [1.82, 2.24) is 0 Å². The second kappa shape index (κ2) is 9.37. The Morgan fingerprint density at radius 2 is 2.05 bits per heavy atom. The maximum absolute atomic E-state index is 12.4. The van der Waals surface area contributed by atoms with Crippen LogP contribution in [-0.2, 0) is 29.7 Å². The maximum atomic E-state index is 12.4. The Bertz CT molecular complexity index is 453. The average molecular weight is 328 g/mol. The van der Waals surface area contributed by atoms with Gasteiger partial charge in [-0.1, -0.05) is 31.5 Å². The first-order valence-electron chi connectivity index (χ1n) is 7.57. The van der Waals surface area contributed by atoms with Crippen LogP contribution in [0.4, 0.5) is 0 Å². The smallest absolute Gasteiger partial charge is 0.166 e. The molecular weight excluding hydrogens is 304 g/mol. The molecule has 0 saturated carbocycles. The highest BCUT2D eigenvalue weighted by Crippen LogP contribution is 2.34. The topological polar surface area (TPSA) is 57.3 Å². The molecule has 124 valence electrons. The van der Waals surface area contributed by atoms with Crippen LogP contribution < -0.4 is 0 Å². The molecule has 1 fully saturated rings. The van der Waals surface area contributed by atoms with E-state index in [9.17, 15) is 4.21 Å². The standard InChI is InChI=1S/C16H24O5S/c1-3-7-14(20-12-19-11-10-18-2)15-16(21-15)22(17)13-8-5-4-6-9-13/h4-6,8-9,14-16H,3,7,10-12H2,1-2H3/t14-,15-,16-,22-/m0/s1. The van der Waals surface area contributed by atoms with Gasteiger partial charge in [-0.05, 0) is 18.6 Å². The Labute approximate surface area is 134 Å². The van der Waals surface area contributed by atoms with Crippen molar-refractivity contribution in [3.8, 4) is 0 Å². The van der Waals surface area contributed by atoms with E-state index >= 15 is 0 Å². The van der Waals surface area contributed by atoms with E-state index < -0.39 is 10.8 Å². The highest BCUT2D eigenvalue weighted by molar-refractivity contribution is 7.85. The lowest BCUT2D eigenvalue weighted by Crippen LogP contribution is -2.24. The molecule has 6 heteroatoms. The van der Waals surface area contributed by atoms with E-state index in [1.54, 1.807) is 7.11 Å². The molecular formula is C16H24O5S. The van der Waals surface area contributed by atoms with E-state index in [-0.39, 0.29) is 24.4 Å². The zero-order valence-corrected chi connectivity index (χ0v) is 13.9. The van der Waals surface area contributed by atoms with E-state index in [2.05, 4.69) is 6.92 Å². The predicted molar refractivity (Wildman–Crippen MR) is 84.0 cm³/mol. The minimum Gasteiger partial charge on any atom is -0.382 e. The van der Waals surface area contributed by atoms with Crippen molar-refractivity contribution in [1.29, 1.82) is 0 Å². The van der Waals surface area contributed by atoms with Gasteiger partial charge in [0.15, 0.2) is 5.44 Å². The van der Waals surface area contributed by atoms with Crippen molar-refractivity contribution < 1.29 is 23.2 Å². The third-order valence-corrected chi connectivity index (χ3v) is 4.94. The first kappa shape index (κ1) is 17.6. The Morgan fingerprint density at radius 3 is 2.73 bits per heavy atom. The number of epoxide rings is 1. The maximum Gasteiger partial charge on any atom is 0.166 e. The summed E-state index contributed by atoms with van der Waals surface area (Å²) >= 11 is 0. The van der Waals surface area contributed by atoms with Gasteiger partial charge in [0.1, 0.15) is 12.9 Å². The highest BCUT2D eigenvalue weighted by Gasteiger charge is 2.49. The van der Waals surface area contributed by atoms with Gasteiger partial charge in [-0.3, -0.25) is 4.21 Å². The van der Waals surface area contributed by atoms with Crippen LogP contribution >= 0.6 is 0 Å². The van der Waals surface area contributed by atoms with E-state index in [4.69, 9.17) is 18.9 Å². The van der Waals surface area contributed by atoms with Crippen molar-refractivity contribution in [2.75, 3.05) is 27.1 Å². The van der Waals surface area contributed by atoms with E-state index in [0.717, 1.165) is 17.7 Å². The third-order valence-electron chi connectivity index (χ3n) is 3.41. The Balaban J connectivity index is 1.80. The van der Waals surface area contributed by atoms with Gasteiger partial charge in [-0.2, -0.15) is 0 Å². The molecule has 0 spiro atoms.